The Morgan fingerprint density at radius 3 is 2.64 bits per heavy atom. The van der Waals surface area contributed by atoms with E-state index in [9.17, 15) is 4.79 Å². The SMILES string of the molecule is C=CCCCCC(=O)CCO. The van der Waals surface area contributed by atoms with Crippen molar-refractivity contribution in [1.29, 1.82) is 0 Å². The van der Waals surface area contributed by atoms with Gasteiger partial charge in [0.15, 0.2) is 0 Å². The molecule has 2 heteroatoms. The van der Waals surface area contributed by atoms with E-state index in [4.69, 9.17) is 5.11 Å². The summed E-state index contributed by atoms with van der Waals surface area (Å²) in [4.78, 5) is 10.8. The molecule has 0 aromatic rings. The van der Waals surface area contributed by atoms with Gasteiger partial charge < -0.3 is 5.11 Å². The first-order valence-corrected chi connectivity index (χ1v) is 4.04. The Balaban J connectivity index is 3.10. The zero-order valence-corrected chi connectivity index (χ0v) is 6.88. The maximum absolute atomic E-state index is 10.8. The fourth-order valence-corrected chi connectivity index (χ4v) is 0.861. The molecule has 0 aliphatic heterocycles. The van der Waals surface area contributed by atoms with Crippen molar-refractivity contribution in [3.05, 3.63) is 12.7 Å². The molecular weight excluding hydrogens is 140 g/mol. The molecular formula is C9H16O2. The molecule has 0 unspecified atom stereocenters. The molecule has 0 aromatic heterocycles. The lowest BCUT2D eigenvalue weighted by atomic mass is 10.1. The van der Waals surface area contributed by atoms with Crippen LogP contribution in [0.3, 0.4) is 0 Å². The van der Waals surface area contributed by atoms with Crippen LogP contribution in [0, 0.1) is 0 Å². The van der Waals surface area contributed by atoms with Crippen molar-refractivity contribution >= 4 is 5.78 Å². The smallest absolute Gasteiger partial charge is 0.135 e. The summed E-state index contributed by atoms with van der Waals surface area (Å²) >= 11 is 0. The monoisotopic (exact) mass is 156 g/mol. The molecule has 0 rings (SSSR count). The molecule has 0 bridgehead atoms. The molecule has 64 valence electrons. The molecule has 0 saturated heterocycles. The van der Waals surface area contributed by atoms with Crippen LogP contribution >= 0.6 is 0 Å². The number of Topliss-reactive ketones (excluding diaryl/α,β-unsaturated/α-hetero) is 1. The third-order valence-electron chi connectivity index (χ3n) is 1.50. The molecule has 1 N–H and O–H groups in total. The van der Waals surface area contributed by atoms with Crippen LogP contribution in [-0.4, -0.2) is 17.5 Å². The van der Waals surface area contributed by atoms with Crippen molar-refractivity contribution in [3.8, 4) is 0 Å². The van der Waals surface area contributed by atoms with Crippen molar-refractivity contribution in [2.24, 2.45) is 0 Å². The van der Waals surface area contributed by atoms with E-state index in [1.54, 1.807) is 0 Å². The second-order valence-electron chi connectivity index (χ2n) is 2.55. The predicted molar refractivity (Wildman–Crippen MR) is 45.4 cm³/mol. The lowest BCUT2D eigenvalue weighted by molar-refractivity contribution is -0.119. The number of carbonyl (C=O) groups is 1. The Morgan fingerprint density at radius 1 is 1.36 bits per heavy atom. The Hall–Kier alpha value is -0.630. The number of hydrogen-bond acceptors (Lipinski definition) is 2. The zero-order chi connectivity index (χ0) is 8.53. The highest BCUT2D eigenvalue weighted by Crippen LogP contribution is 2.02. The van der Waals surface area contributed by atoms with Gasteiger partial charge in [-0.15, -0.1) is 6.58 Å². The van der Waals surface area contributed by atoms with Gasteiger partial charge in [0.2, 0.25) is 0 Å². The Bertz CT molecular complexity index is 119. The topological polar surface area (TPSA) is 37.3 Å². The first-order chi connectivity index (χ1) is 5.31. The zero-order valence-electron chi connectivity index (χ0n) is 6.88. The second-order valence-corrected chi connectivity index (χ2v) is 2.55. The summed E-state index contributed by atoms with van der Waals surface area (Å²) in [6, 6.07) is 0. The highest BCUT2D eigenvalue weighted by molar-refractivity contribution is 5.78. The van der Waals surface area contributed by atoms with Crippen molar-refractivity contribution in [3.63, 3.8) is 0 Å². The molecule has 0 heterocycles. The van der Waals surface area contributed by atoms with Crippen LogP contribution < -0.4 is 0 Å². The maximum atomic E-state index is 10.8. The predicted octanol–water partition coefficient (Wildman–Crippen LogP) is 1.68. The van der Waals surface area contributed by atoms with E-state index in [0.717, 1.165) is 19.3 Å². The summed E-state index contributed by atoms with van der Waals surface area (Å²) in [7, 11) is 0. The highest BCUT2D eigenvalue weighted by Gasteiger charge is 1.98. The van der Waals surface area contributed by atoms with Crippen LogP contribution in [0.5, 0.6) is 0 Å². The van der Waals surface area contributed by atoms with Crippen LogP contribution in [0.15, 0.2) is 12.7 Å². The van der Waals surface area contributed by atoms with Crippen LogP contribution in [-0.2, 0) is 4.79 Å². The molecule has 0 amide bonds. The standard InChI is InChI=1S/C9H16O2/c1-2-3-4-5-6-9(11)7-8-10/h2,10H,1,3-8H2. The van der Waals surface area contributed by atoms with E-state index in [-0.39, 0.29) is 12.4 Å². The number of aliphatic hydroxyl groups excluding tert-OH is 1. The van der Waals surface area contributed by atoms with Crippen LogP contribution in [0.25, 0.3) is 0 Å². The molecule has 2 nitrogen and oxygen atoms in total. The van der Waals surface area contributed by atoms with Gasteiger partial charge in [0.05, 0.1) is 0 Å². The van der Waals surface area contributed by atoms with Gasteiger partial charge in [-0.05, 0) is 19.3 Å². The first kappa shape index (κ1) is 10.4. The van der Waals surface area contributed by atoms with Gasteiger partial charge in [0.1, 0.15) is 5.78 Å². The van der Waals surface area contributed by atoms with E-state index in [1.807, 2.05) is 6.08 Å². The average molecular weight is 156 g/mol. The fraction of sp³-hybridized carbons (Fsp3) is 0.667. The number of aliphatic hydroxyl groups is 1. The molecule has 0 spiro atoms. The van der Waals surface area contributed by atoms with Crippen molar-refractivity contribution in [2.75, 3.05) is 6.61 Å². The molecule has 0 aliphatic carbocycles. The molecule has 0 aromatic carbocycles. The van der Waals surface area contributed by atoms with Crippen LogP contribution in [0.2, 0.25) is 0 Å². The lowest BCUT2D eigenvalue weighted by Crippen LogP contribution is -1.99. The molecule has 11 heavy (non-hydrogen) atoms. The van der Waals surface area contributed by atoms with E-state index in [2.05, 4.69) is 6.58 Å². The van der Waals surface area contributed by atoms with E-state index >= 15 is 0 Å². The molecule has 0 radical (unpaired) electrons. The minimum absolute atomic E-state index is 0.0136. The van der Waals surface area contributed by atoms with Gasteiger partial charge in [-0.25, -0.2) is 0 Å². The summed E-state index contributed by atoms with van der Waals surface area (Å²) in [6.45, 7) is 3.58. The van der Waals surface area contributed by atoms with Gasteiger partial charge >= 0.3 is 0 Å². The average Bonchev–Trinajstić information content (AvgIpc) is 1.99. The van der Waals surface area contributed by atoms with Crippen LogP contribution in [0.1, 0.15) is 32.1 Å². The number of ketones is 1. The van der Waals surface area contributed by atoms with E-state index in [0.29, 0.717) is 12.8 Å². The minimum Gasteiger partial charge on any atom is -0.396 e. The summed E-state index contributed by atoms with van der Waals surface area (Å²) in [5, 5.41) is 8.40. The third-order valence-corrected chi connectivity index (χ3v) is 1.50. The maximum Gasteiger partial charge on any atom is 0.135 e. The number of allylic oxidation sites excluding steroid dienone is 1. The first-order valence-electron chi connectivity index (χ1n) is 4.04. The molecule has 0 saturated carbocycles. The van der Waals surface area contributed by atoms with Gasteiger partial charge in [-0.2, -0.15) is 0 Å². The molecule has 0 atom stereocenters. The lowest BCUT2D eigenvalue weighted by Gasteiger charge is -1.96. The van der Waals surface area contributed by atoms with Crippen molar-refractivity contribution in [2.45, 2.75) is 32.1 Å². The molecule has 0 aliphatic rings. The quantitative estimate of drug-likeness (QED) is 0.450. The van der Waals surface area contributed by atoms with E-state index < -0.39 is 0 Å². The summed E-state index contributed by atoms with van der Waals surface area (Å²) in [5.41, 5.74) is 0. The normalized spacial score (nSPS) is 9.55. The highest BCUT2D eigenvalue weighted by atomic mass is 16.3. The number of rotatable bonds is 7. The Labute approximate surface area is 67.9 Å². The third kappa shape index (κ3) is 7.26. The second kappa shape index (κ2) is 7.48. The largest absolute Gasteiger partial charge is 0.396 e. The van der Waals surface area contributed by atoms with Crippen molar-refractivity contribution < 1.29 is 9.90 Å². The summed E-state index contributed by atoms with van der Waals surface area (Å²) in [6.07, 6.45) is 5.71. The number of carbonyl (C=O) groups excluding carboxylic acids is 1. The van der Waals surface area contributed by atoms with Gasteiger partial charge in [-0.3, -0.25) is 4.79 Å². The van der Waals surface area contributed by atoms with Gasteiger partial charge in [0, 0.05) is 19.4 Å². The number of unbranched alkanes of at least 4 members (excludes halogenated alkanes) is 2. The summed E-state index contributed by atoms with van der Waals surface area (Å²) < 4.78 is 0. The van der Waals surface area contributed by atoms with E-state index in [1.165, 1.54) is 0 Å². The Morgan fingerprint density at radius 2 is 2.09 bits per heavy atom. The fourth-order valence-electron chi connectivity index (χ4n) is 0.861. The van der Waals surface area contributed by atoms with Crippen molar-refractivity contribution in [1.82, 2.24) is 0 Å². The van der Waals surface area contributed by atoms with Gasteiger partial charge in [-0.1, -0.05) is 6.08 Å². The minimum atomic E-state index is -0.0136. The Kier molecular flexibility index (Phi) is 7.05. The summed E-state index contributed by atoms with van der Waals surface area (Å²) in [5.74, 6) is 0.163. The number of hydrogen-bond donors (Lipinski definition) is 1. The molecule has 0 fully saturated rings. The van der Waals surface area contributed by atoms with Crippen LogP contribution in [0.4, 0.5) is 0 Å². The van der Waals surface area contributed by atoms with Gasteiger partial charge in [0.25, 0.3) is 0 Å².